The molecular formula is C22H29N3O. The van der Waals surface area contributed by atoms with E-state index >= 15 is 0 Å². The normalized spacial score (nSPS) is 14.2. The van der Waals surface area contributed by atoms with Gasteiger partial charge in [0.15, 0.2) is 0 Å². The summed E-state index contributed by atoms with van der Waals surface area (Å²) in [5.41, 5.74) is 6.71. The van der Waals surface area contributed by atoms with Crippen molar-refractivity contribution in [3.8, 4) is 0 Å². The van der Waals surface area contributed by atoms with Gasteiger partial charge in [0.1, 0.15) is 0 Å². The van der Waals surface area contributed by atoms with Crippen molar-refractivity contribution < 1.29 is 4.79 Å². The van der Waals surface area contributed by atoms with E-state index in [1.54, 1.807) is 0 Å². The van der Waals surface area contributed by atoms with Crippen LogP contribution >= 0.6 is 0 Å². The first kappa shape index (κ1) is 18.3. The smallest absolute Gasteiger partial charge is 0.243 e. The predicted molar refractivity (Wildman–Crippen MR) is 110 cm³/mol. The Labute approximate surface area is 156 Å². The number of piperidine rings is 1. The number of hydrogen-bond donors (Lipinski definition) is 2. The van der Waals surface area contributed by atoms with Crippen LogP contribution in [0.3, 0.4) is 0 Å². The third-order valence-electron chi connectivity index (χ3n) is 4.98. The summed E-state index contributed by atoms with van der Waals surface area (Å²) in [6, 6.07) is 12.4. The number of hydrogen-bond acceptors (Lipinski definition) is 3. The van der Waals surface area contributed by atoms with Crippen LogP contribution in [0.1, 0.15) is 36.0 Å². The van der Waals surface area contributed by atoms with E-state index in [4.69, 9.17) is 0 Å². The van der Waals surface area contributed by atoms with E-state index in [2.05, 4.69) is 60.6 Å². The highest BCUT2D eigenvalue weighted by Crippen LogP contribution is 2.23. The minimum Gasteiger partial charge on any atom is -0.376 e. The molecule has 4 heteroatoms. The van der Waals surface area contributed by atoms with Crippen LogP contribution in [0, 0.1) is 20.8 Å². The maximum absolute atomic E-state index is 12.3. The summed E-state index contributed by atoms with van der Waals surface area (Å²) in [6.07, 6.45) is 3.86. The van der Waals surface area contributed by atoms with Crippen LogP contribution in [0.4, 0.5) is 17.1 Å². The van der Waals surface area contributed by atoms with Crippen molar-refractivity contribution in [2.75, 3.05) is 35.2 Å². The second kappa shape index (κ2) is 8.26. The van der Waals surface area contributed by atoms with Gasteiger partial charge in [0, 0.05) is 30.2 Å². The highest BCUT2D eigenvalue weighted by molar-refractivity contribution is 5.94. The Hall–Kier alpha value is -2.49. The zero-order valence-electron chi connectivity index (χ0n) is 16.1. The zero-order chi connectivity index (χ0) is 18.5. The molecule has 1 aliphatic rings. The van der Waals surface area contributed by atoms with Crippen molar-refractivity contribution in [1.29, 1.82) is 0 Å². The summed E-state index contributed by atoms with van der Waals surface area (Å²) in [5.74, 6) is -0.0323. The number of carbonyl (C=O) groups excluding carboxylic acids is 1. The van der Waals surface area contributed by atoms with Crippen LogP contribution in [-0.4, -0.2) is 25.5 Å². The number of nitrogens with zero attached hydrogens (tertiary/aromatic N) is 1. The molecule has 0 aliphatic carbocycles. The lowest BCUT2D eigenvalue weighted by Crippen LogP contribution is -2.29. The van der Waals surface area contributed by atoms with Crippen LogP contribution in [-0.2, 0) is 4.79 Å². The fraction of sp³-hybridized carbons (Fsp3) is 0.409. The SMILES string of the molecule is Cc1cc(C)c(NCC(=O)Nc2ccc(N3CCCCC3)cc2)c(C)c1. The van der Waals surface area contributed by atoms with E-state index in [1.165, 1.54) is 41.6 Å². The van der Waals surface area contributed by atoms with Gasteiger partial charge in [0.05, 0.1) is 6.54 Å². The van der Waals surface area contributed by atoms with Gasteiger partial charge in [0.25, 0.3) is 0 Å². The highest BCUT2D eigenvalue weighted by Gasteiger charge is 2.11. The number of nitrogens with one attached hydrogen (secondary N) is 2. The first-order valence-electron chi connectivity index (χ1n) is 9.49. The van der Waals surface area contributed by atoms with Gasteiger partial charge in [-0.3, -0.25) is 4.79 Å². The number of carbonyl (C=O) groups is 1. The second-order valence-corrected chi connectivity index (χ2v) is 7.27. The molecular weight excluding hydrogens is 322 g/mol. The standard InChI is InChI=1S/C22H29N3O/c1-16-13-17(2)22(18(3)14-16)23-15-21(26)24-19-7-9-20(10-8-19)25-11-5-4-6-12-25/h7-10,13-14,23H,4-6,11-12,15H2,1-3H3,(H,24,26). The van der Waals surface area contributed by atoms with Gasteiger partial charge in [-0.05, 0) is 75.4 Å². The molecule has 138 valence electrons. The minimum atomic E-state index is -0.0323. The van der Waals surface area contributed by atoms with E-state index in [9.17, 15) is 4.79 Å². The van der Waals surface area contributed by atoms with Gasteiger partial charge in [0.2, 0.25) is 5.91 Å². The molecule has 2 aromatic carbocycles. The number of anilines is 3. The molecule has 0 bridgehead atoms. The third-order valence-corrected chi connectivity index (χ3v) is 4.98. The average Bonchev–Trinajstić information content (AvgIpc) is 2.62. The van der Waals surface area contributed by atoms with E-state index in [1.807, 2.05) is 12.1 Å². The average molecular weight is 351 g/mol. The summed E-state index contributed by atoms with van der Waals surface area (Å²) in [7, 11) is 0. The summed E-state index contributed by atoms with van der Waals surface area (Å²) < 4.78 is 0. The lowest BCUT2D eigenvalue weighted by atomic mass is 10.1. The summed E-state index contributed by atoms with van der Waals surface area (Å²) in [4.78, 5) is 14.7. The van der Waals surface area contributed by atoms with Crippen molar-refractivity contribution in [1.82, 2.24) is 0 Å². The molecule has 2 N–H and O–H groups in total. The van der Waals surface area contributed by atoms with Crippen LogP contribution in [0.15, 0.2) is 36.4 Å². The first-order valence-corrected chi connectivity index (χ1v) is 9.49. The van der Waals surface area contributed by atoms with Gasteiger partial charge in [-0.25, -0.2) is 0 Å². The van der Waals surface area contributed by atoms with Gasteiger partial charge >= 0.3 is 0 Å². The largest absolute Gasteiger partial charge is 0.376 e. The minimum absolute atomic E-state index is 0.0323. The summed E-state index contributed by atoms with van der Waals surface area (Å²) in [6.45, 7) is 8.75. The van der Waals surface area contributed by atoms with Crippen molar-refractivity contribution in [2.45, 2.75) is 40.0 Å². The molecule has 0 radical (unpaired) electrons. The number of rotatable bonds is 5. The maximum atomic E-state index is 12.3. The zero-order valence-corrected chi connectivity index (χ0v) is 16.1. The van der Waals surface area contributed by atoms with E-state index in [0.717, 1.165) is 24.5 Å². The Morgan fingerprint density at radius 2 is 1.58 bits per heavy atom. The molecule has 3 rings (SSSR count). The lowest BCUT2D eigenvalue weighted by Gasteiger charge is -2.28. The molecule has 0 aromatic heterocycles. The van der Waals surface area contributed by atoms with Gasteiger partial charge in [-0.15, -0.1) is 0 Å². The summed E-state index contributed by atoms with van der Waals surface area (Å²) in [5, 5.41) is 6.24. The topological polar surface area (TPSA) is 44.4 Å². The van der Waals surface area contributed by atoms with Crippen LogP contribution in [0.5, 0.6) is 0 Å². The molecule has 1 amide bonds. The Kier molecular flexibility index (Phi) is 5.82. The molecule has 0 atom stereocenters. The van der Waals surface area contributed by atoms with Crippen molar-refractivity contribution >= 4 is 23.0 Å². The van der Waals surface area contributed by atoms with Crippen molar-refractivity contribution in [3.63, 3.8) is 0 Å². The fourth-order valence-corrected chi connectivity index (χ4v) is 3.74. The predicted octanol–water partition coefficient (Wildman–Crippen LogP) is 4.65. The molecule has 1 fully saturated rings. The second-order valence-electron chi connectivity index (χ2n) is 7.27. The first-order chi connectivity index (χ1) is 12.5. The molecule has 1 saturated heterocycles. The van der Waals surface area contributed by atoms with Gasteiger partial charge in [-0.2, -0.15) is 0 Å². The lowest BCUT2D eigenvalue weighted by molar-refractivity contribution is -0.114. The quantitative estimate of drug-likeness (QED) is 0.824. The van der Waals surface area contributed by atoms with E-state index in [0.29, 0.717) is 0 Å². The van der Waals surface area contributed by atoms with E-state index < -0.39 is 0 Å². The molecule has 26 heavy (non-hydrogen) atoms. The fourth-order valence-electron chi connectivity index (χ4n) is 3.74. The Morgan fingerprint density at radius 3 is 2.19 bits per heavy atom. The Bertz CT molecular complexity index is 738. The number of benzene rings is 2. The molecule has 0 unspecified atom stereocenters. The third kappa shape index (κ3) is 4.57. The monoisotopic (exact) mass is 351 g/mol. The van der Waals surface area contributed by atoms with Crippen molar-refractivity contribution in [2.24, 2.45) is 0 Å². The van der Waals surface area contributed by atoms with E-state index in [-0.39, 0.29) is 12.5 Å². The molecule has 0 spiro atoms. The van der Waals surface area contributed by atoms with Gasteiger partial charge < -0.3 is 15.5 Å². The Balaban J connectivity index is 1.55. The molecule has 1 heterocycles. The molecule has 4 nitrogen and oxygen atoms in total. The number of aryl methyl sites for hydroxylation is 3. The maximum Gasteiger partial charge on any atom is 0.243 e. The van der Waals surface area contributed by atoms with Crippen LogP contribution in [0.25, 0.3) is 0 Å². The van der Waals surface area contributed by atoms with Crippen molar-refractivity contribution in [3.05, 3.63) is 53.1 Å². The van der Waals surface area contributed by atoms with Crippen LogP contribution < -0.4 is 15.5 Å². The van der Waals surface area contributed by atoms with Gasteiger partial charge in [-0.1, -0.05) is 17.7 Å². The Morgan fingerprint density at radius 1 is 0.962 bits per heavy atom. The summed E-state index contributed by atoms with van der Waals surface area (Å²) >= 11 is 0. The highest BCUT2D eigenvalue weighted by atomic mass is 16.1. The van der Waals surface area contributed by atoms with Crippen LogP contribution in [0.2, 0.25) is 0 Å². The molecule has 1 aliphatic heterocycles. The molecule has 0 saturated carbocycles. The number of amides is 1. The molecule has 2 aromatic rings.